The third-order valence-corrected chi connectivity index (χ3v) is 8.08. The summed E-state index contributed by atoms with van der Waals surface area (Å²) in [5, 5.41) is 0. The van der Waals surface area contributed by atoms with Gasteiger partial charge in [0.2, 0.25) is 0 Å². The molecule has 0 saturated heterocycles. The molecule has 50 heavy (non-hydrogen) atoms. The maximum absolute atomic E-state index is 4.62. The molecule has 0 spiro atoms. The first kappa shape index (κ1) is 33.1. The molecule has 0 amide bonds. The van der Waals surface area contributed by atoms with Crippen LogP contribution in [-0.4, -0.2) is 62.9 Å². The molecule has 0 saturated carbocycles. The predicted octanol–water partition coefficient (Wildman–Crippen LogP) is 8.93. The van der Waals surface area contributed by atoms with E-state index in [1.807, 2.05) is 85.0 Å². The summed E-state index contributed by atoms with van der Waals surface area (Å²) in [5.74, 6) is 0. The van der Waals surface area contributed by atoms with Crippen LogP contribution in [0.3, 0.4) is 0 Å². The van der Waals surface area contributed by atoms with Gasteiger partial charge in [-0.05, 0) is 146 Å². The van der Waals surface area contributed by atoms with Crippen LogP contribution in [0.2, 0.25) is 0 Å². The Morgan fingerprint density at radius 3 is 0.660 bits per heavy atom. The Balaban J connectivity index is 0.000000151. The molecule has 10 heteroatoms. The number of hydrogen-bond acceptors (Lipinski definition) is 4. The predicted molar refractivity (Wildman–Crippen MR) is 203 cm³/mol. The van der Waals surface area contributed by atoms with Crippen LogP contribution in [0.5, 0.6) is 0 Å². The van der Waals surface area contributed by atoms with E-state index in [2.05, 4.69) is 101 Å². The van der Waals surface area contributed by atoms with Crippen LogP contribution < -0.4 is 0 Å². The summed E-state index contributed by atoms with van der Waals surface area (Å²) in [7, 11) is 0. The van der Waals surface area contributed by atoms with E-state index in [1.54, 1.807) is 0 Å². The van der Waals surface area contributed by atoms with Crippen molar-refractivity contribution in [3.05, 3.63) is 143 Å². The van der Waals surface area contributed by atoms with Crippen molar-refractivity contribution < 1.29 is 19.5 Å². The second-order valence-corrected chi connectivity index (χ2v) is 11.8. The fourth-order valence-corrected chi connectivity index (χ4v) is 5.89. The molecule has 0 atom stereocenters. The quantitative estimate of drug-likeness (QED) is 0.118. The van der Waals surface area contributed by atoms with Crippen LogP contribution in [-0.2, 0) is 19.5 Å². The number of aromatic nitrogens is 8. The fraction of sp³-hybridized carbons (Fsp3) is 0. The van der Waals surface area contributed by atoms with E-state index in [9.17, 15) is 0 Å². The molecule has 4 aliphatic rings. The molecule has 10 heterocycles. The standard InChI is InChI=1S/2C20H14N4.Mg.Zn/c2*1-2-14-10-16-5-6-18(23-16)12-20-8-7-19(24-20)11-17-4-3-15(22-17)9-13(1)21-14;;/h2*1-12,21-22H;;. The minimum absolute atomic E-state index is 0. The van der Waals surface area contributed by atoms with Gasteiger partial charge in [-0.2, -0.15) is 0 Å². The number of H-pyrrole nitrogens is 4. The number of nitrogens with one attached hydrogen (secondary N) is 4. The Labute approximate surface area is 315 Å². The third kappa shape index (κ3) is 7.58. The van der Waals surface area contributed by atoms with E-state index in [4.69, 9.17) is 0 Å². The molecule has 16 bridgehead atoms. The number of hydrogen-bond donors (Lipinski definition) is 4. The molecule has 6 aromatic rings. The second-order valence-electron chi connectivity index (χ2n) is 11.8. The average Bonchev–Trinajstić information content (AvgIpc) is 3.91. The summed E-state index contributed by atoms with van der Waals surface area (Å²) >= 11 is 0. The first-order valence-corrected chi connectivity index (χ1v) is 15.7. The van der Waals surface area contributed by atoms with Gasteiger partial charge >= 0.3 is 0 Å². The zero-order chi connectivity index (χ0) is 31.9. The molecule has 0 aromatic carbocycles. The molecule has 232 valence electrons. The molecular formula is C40H28MgN8Zn. The topological polar surface area (TPSA) is 115 Å². The van der Waals surface area contributed by atoms with Crippen molar-refractivity contribution in [3.8, 4) is 0 Å². The Morgan fingerprint density at radius 2 is 0.440 bits per heavy atom. The van der Waals surface area contributed by atoms with E-state index in [0.717, 1.165) is 89.7 Å². The second kappa shape index (κ2) is 14.2. The van der Waals surface area contributed by atoms with E-state index in [1.165, 1.54) is 0 Å². The zero-order valence-electron chi connectivity index (χ0n) is 27.1. The van der Waals surface area contributed by atoms with E-state index < -0.39 is 0 Å². The zero-order valence-corrected chi connectivity index (χ0v) is 31.4. The fourth-order valence-electron chi connectivity index (χ4n) is 5.89. The number of nitrogens with zero attached hydrogens (tertiary/aromatic N) is 4. The normalized spacial score (nSPS) is 12.2. The van der Waals surface area contributed by atoms with Crippen molar-refractivity contribution in [2.45, 2.75) is 0 Å². The van der Waals surface area contributed by atoms with Crippen LogP contribution in [0, 0.1) is 0 Å². The molecule has 2 radical (unpaired) electrons. The van der Waals surface area contributed by atoms with Gasteiger partial charge in [0.15, 0.2) is 0 Å². The smallest absolute Gasteiger partial charge is 0.0659 e. The first-order chi connectivity index (χ1) is 23.6. The van der Waals surface area contributed by atoms with Gasteiger partial charge in [0.25, 0.3) is 0 Å². The van der Waals surface area contributed by atoms with E-state index >= 15 is 0 Å². The first-order valence-electron chi connectivity index (χ1n) is 15.7. The van der Waals surface area contributed by atoms with E-state index in [-0.39, 0.29) is 42.5 Å². The minimum atomic E-state index is 0. The Morgan fingerprint density at radius 1 is 0.260 bits per heavy atom. The van der Waals surface area contributed by atoms with Gasteiger partial charge in [0.05, 0.1) is 45.6 Å². The number of fused-ring (bicyclic) bond motifs is 16. The molecule has 0 fully saturated rings. The van der Waals surface area contributed by atoms with Crippen LogP contribution >= 0.6 is 0 Å². The third-order valence-electron chi connectivity index (χ3n) is 8.08. The molecular weight excluding hydrogens is 682 g/mol. The molecule has 4 N–H and O–H groups in total. The molecule has 4 aliphatic heterocycles. The van der Waals surface area contributed by atoms with Crippen molar-refractivity contribution in [3.63, 3.8) is 0 Å². The summed E-state index contributed by atoms with van der Waals surface area (Å²) in [6.07, 6.45) is 16.1. The Kier molecular flexibility index (Phi) is 9.41. The summed E-state index contributed by atoms with van der Waals surface area (Å²) in [4.78, 5) is 32.0. The maximum atomic E-state index is 4.62. The number of aromatic amines is 4. The Bertz CT molecular complexity index is 2340. The molecule has 0 aliphatic carbocycles. The van der Waals surface area contributed by atoms with Crippen LogP contribution in [0.4, 0.5) is 0 Å². The van der Waals surface area contributed by atoms with Gasteiger partial charge in [-0.25, -0.2) is 19.9 Å². The average molecular weight is 710 g/mol. The van der Waals surface area contributed by atoms with Gasteiger partial charge in [-0.1, -0.05) is 0 Å². The molecule has 8 nitrogen and oxygen atoms in total. The molecule has 10 rings (SSSR count). The Hall–Kier alpha value is -5.41. The largest absolute Gasteiger partial charge is 0.355 e. The van der Waals surface area contributed by atoms with Crippen LogP contribution in [0.25, 0.3) is 92.7 Å². The summed E-state index contributed by atoms with van der Waals surface area (Å²) in [5.41, 5.74) is 15.7. The van der Waals surface area contributed by atoms with Crippen molar-refractivity contribution >= 4 is 116 Å². The molecule has 0 unspecified atom stereocenters. The van der Waals surface area contributed by atoms with Crippen molar-refractivity contribution in [2.24, 2.45) is 0 Å². The van der Waals surface area contributed by atoms with Gasteiger partial charge < -0.3 is 19.9 Å². The van der Waals surface area contributed by atoms with Crippen molar-refractivity contribution in [2.75, 3.05) is 0 Å². The van der Waals surface area contributed by atoms with Crippen molar-refractivity contribution in [1.82, 2.24) is 39.9 Å². The monoisotopic (exact) mass is 708 g/mol. The van der Waals surface area contributed by atoms with Crippen LogP contribution in [0.15, 0.2) is 97.1 Å². The maximum Gasteiger partial charge on any atom is 0.0659 e. The summed E-state index contributed by atoms with van der Waals surface area (Å²) in [6, 6.07) is 32.8. The SMILES string of the molecule is C1=Cc2cc3ccc(cc4ccc(cc5nc(cc1n2)C=C5)[nH]4)[nH]3.C1=Cc2cc3ccc(cc4ccc(cc5nc(cc1n2)C=C5)[nH]4)[nH]3.[Mg].[Zn]. The van der Waals surface area contributed by atoms with Crippen LogP contribution in [0.1, 0.15) is 45.6 Å². The van der Waals surface area contributed by atoms with Crippen molar-refractivity contribution in [1.29, 1.82) is 0 Å². The summed E-state index contributed by atoms with van der Waals surface area (Å²) in [6.45, 7) is 0. The summed E-state index contributed by atoms with van der Waals surface area (Å²) < 4.78 is 0. The minimum Gasteiger partial charge on any atom is -0.355 e. The van der Waals surface area contributed by atoms with Gasteiger partial charge in [-0.3, -0.25) is 0 Å². The van der Waals surface area contributed by atoms with Gasteiger partial charge in [0.1, 0.15) is 0 Å². The van der Waals surface area contributed by atoms with E-state index in [0.29, 0.717) is 0 Å². The van der Waals surface area contributed by atoms with Gasteiger partial charge in [0, 0.05) is 86.7 Å². The molecule has 6 aromatic heterocycles. The van der Waals surface area contributed by atoms with Gasteiger partial charge in [-0.15, -0.1) is 0 Å². The number of rotatable bonds is 0.